The Morgan fingerprint density at radius 1 is 1.16 bits per heavy atom. The van der Waals surface area contributed by atoms with Gasteiger partial charge in [-0.2, -0.15) is 0 Å². The molecule has 6 nitrogen and oxygen atoms in total. The maximum Gasteiger partial charge on any atom is 0.276 e. The molecular weight excluding hydrogens is 419 g/mol. The zero-order valence-electron chi connectivity index (χ0n) is 16.8. The molecule has 2 amide bonds. The lowest BCUT2D eigenvalue weighted by molar-refractivity contribution is 0.0938. The van der Waals surface area contributed by atoms with E-state index in [1.807, 2.05) is 13.0 Å². The molecule has 4 rings (SSSR count). The molecule has 1 N–H and O–H groups in total. The molecule has 8 heteroatoms. The molecule has 0 spiro atoms. The Labute approximate surface area is 184 Å². The van der Waals surface area contributed by atoms with Gasteiger partial charge in [0.25, 0.3) is 11.8 Å². The van der Waals surface area contributed by atoms with E-state index in [2.05, 4.69) is 10.3 Å². The molecule has 0 radical (unpaired) electrons. The quantitative estimate of drug-likeness (QED) is 0.657. The predicted molar refractivity (Wildman–Crippen MR) is 116 cm³/mol. The molecule has 2 aromatic heterocycles. The lowest BCUT2D eigenvalue weighted by Gasteiger charge is -2.29. The summed E-state index contributed by atoms with van der Waals surface area (Å²) in [5.74, 6) is -0.931. The topological polar surface area (TPSA) is 75.2 Å². The summed E-state index contributed by atoms with van der Waals surface area (Å²) in [4.78, 5) is 35.9. The van der Waals surface area contributed by atoms with Gasteiger partial charge in [0.15, 0.2) is 0 Å². The number of anilines is 1. The number of halogens is 2. The molecule has 0 aliphatic carbocycles. The fourth-order valence-corrected chi connectivity index (χ4v) is 3.69. The van der Waals surface area contributed by atoms with Crippen LogP contribution in [0.25, 0.3) is 0 Å². The Balaban J connectivity index is 1.53. The van der Waals surface area contributed by atoms with Crippen LogP contribution in [0.3, 0.4) is 0 Å². The Bertz CT molecular complexity index is 1140. The summed E-state index contributed by atoms with van der Waals surface area (Å²) < 4.78 is 13.1. The first kappa shape index (κ1) is 20.9. The third kappa shape index (κ3) is 4.56. The van der Waals surface area contributed by atoms with Crippen molar-refractivity contribution < 1.29 is 14.0 Å². The van der Waals surface area contributed by atoms with Crippen molar-refractivity contribution in [1.29, 1.82) is 0 Å². The van der Waals surface area contributed by atoms with Gasteiger partial charge in [-0.05, 0) is 68.3 Å². The largest absolute Gasteiger partial charge is 0.344 e. The van der Waals surface area contributed by atoms with Gasteiger partial charge in [0.2, 0.25) is 0 Å². The fraction of sp³-hybridized carbons (Fsp3) is 0.217. The highest BCUT2D eigenvalue weighted by atomic mass is 35.5. The Kier molecular flexibility index (Phi) is 5.95. The van der Waals surface area contributed by atoms with Crippen molar-refractivity contribution in [1.82, 2.24) is 15.3 Å². The highest BCUT2D eigenvalue weighted by Crippen LogP contribution is 2.29. The van der Waals surface area contributed by atoms with Crippen molar-refractivity contribution in [2.45, 2.75) is 25.8 Å². The van der Waals surface area contributed by atoms with Gasteiger partial charge in [-0.25, -0.2) is 4.39 Å². The monoisotopic (exact) mass is 438 g/mol. The van der Waals surface area contributed by atoms with Crippen molar-refractivity contribution in [2.24, 2.45) is 0 Å². The second-order valence-corrected chi connectivity index (χ2v) is 7.76. The van der Waals surface area contributed by atoms with Gasteiger partial charge < -0.3 is 10.2 Å². The average molecular weight is 439 g/mol. The van der Waals surface area contributed by atoms with Gasteiger partial charge in [0, 0.05) is 23.3 Å². The molecule has 0 saturated heterocycles. The molecular formula is C23H20ClFN4O2. The zero-order chi connectivity index (χ0) is 22.0. The smallest absolute Gasteiger partial charge is 0.276 e. The molecule has 1 atom stereocenters. The first-order valence-electron chi connectivity index (χ1n) is 9.92. The minimum atomic E-state index is -0.395. The molecule has 1 aliphatic heterocycles. The molecule has 0 fully saturated rings. The summed E-state index contributed by atoms with van der Waals surface area (Å²) in [6.45, 7) is 2.40. The van der Waals surface area contributed by atoms with Crippen LogP contribution >= 0.6 is 11.6 Å². The third-order valence-electron chi connectivity index (χ3n) is 5.14. The van der Waals surface area contributed by atoms with Crippen LogP contribution in [0.1, 0.15) is 51.6 Å². The number of pyridine rings is 2. The molecule has 1 aromatic carbocycles. The Morgan fingerprint density at radius 3 is 2.68 bits per heavy atom. The van der Waals surface area contributed by atoms with Crippen LogP contribution in [0.15, 0.2) is 54.7 Å². The van der Waals surface area contributed by atoms with Crippen molar-refractivity contribution >= 4 is 29.1 Å². The highest BCUT2D eigenvalue weighted by molar-refractivity contribution is 6.31. The SMILES string of the molecule is CC(NC(=O)c1ccc(F)cc1)c1ccc2c(n1)CCCN2C(=O)c1cc(Cl)ccn1. The van der Waals surface area contributed by atoms with Crippen LogP contribution in [-0.2, 0) is 6.42 Å². The molecule has 0 bridgehead atoms. The number of nitrogens with one attached hydrogen (secondary N) is 1. The standard InChI is InChI=1S/C23H20ClFN4O2/c1-14(27-22(30)15-4-6-17(25)7-5-15)18-8-9-21-19(28-18)3-2-12-29(21)23(31)20-13-16(24)10-11-26-20/h4-11,13-14H,2-3,12H2,1H3,(H,27,30). The molecule has 0 saturated carbocycles. The van der Waals surface area contributed by atoms with Crippen LogP contribution < -0.4 is 10.2 Å². The van der Waals surface area contributed by atoms with E-state index in [4.69, 9.17) is 16.6 Å². The number of carbonyl (C=O) groups excluding carboxylic acids is 2. The van der Waals surface area contributed by atoms with Crippen molar-refractivity contribution in [3.8, 4) is 0 Å². The number of nitrogens with zero attached hydrogens (tertiary/aromatic N) is 3. The first-order valence-corrected chi connectivity index (χ1v) is 10.3. The summed E-state index contributed by atoms with van der Waals surface area (Å²) in [5, 5.41) is 3.33. The number of carbonyl (C=O) groups is 2. The average Bonchev–Trinajstić information content (AvgIpc) is 2.78. The summed E-state index contributed by atoms with van der Waals surface area (Å²) in [7, 11) is 0. The molecule has 1 aliphatic rings. The van der Waals surface area contributed by atoms with E-state index >= 15 is 0 Å². The maximum absolute atomic E-state index is 13.1. The number of rotatable bonds is 4. The van der Waals surface area contributed by atoms with Crippen LogP contribution in [-0.4, -0.2) is 28.3 Å². The fourth-order valence-electron chi connectivity index (χ4n) is 3.53. The number of aryl methyl sites for hydroxylation is 1. The number of amides is 2. The summed E-state index contributed by atoms with van der Waals surface area (Å²) in [5.41, 5.74) is 2.87. The normalized spacial score (nSPS) is 14.0. The minimum Gasteiger partial charge on any atom is -0.344 e. The van der Waals surface area contributed by atoms with Gasteiger partial charge in [-0.3, -0.25) is 19.6 Å². The van der Waals surface area contributed by atoms with E-state index in [0.29, 0.717) is 22.8 Å². The van der Waals surface area contributed by atoms with Crippen LogP contribution in [0, 0.1) is 5.82 Å². The van der Waals surface area contributed by atoms with Crippen LogP contribution in [0.2, 0.25) is 5.02 Å². The van der Waals surface area contributed by atoms with Crippen molar-refractivity contribution in [2.75, 3.05) is 11.4 Å². The third-order valence-corrected chi connectivity index (χ3v) is 5.38. The molecule has 3 heterocycles. The van der Waals surface area contributed by atoms with E-state index in [-0.39, 0.29) is 23.6 Å². The number of fused-ring (bicyclic) bond motifs is 1. The Hall–Kier alpha value is -3.32. The van der Waals surface area contributed by atoms with Gasteiger partial charge in [0.1, 0.15) is 11.5 Å². The number of hydrogen-bond donors (Lipinski definition) is 1. The number of hydrogen-bond acceptors (Lipinski definition) is 4. The molecule has 31 heavy (non-hydrogen) atoms. The number of benzene rings is 1. The summed E-state index contributed by atoms with van der Waals surface area (Å²) in [6.07, 6.45) is 3.01. The molecule has 3 aromatic rings. The van der Waals surface area contributed by atoms with Gasteiger partial charge in [0.05, 0.1) is 23.1 Å². The van der Waals surface area contributed by atoms with Crippen molar-refractivity contribution in [3.63, 3.8) is 0 Å². The lowest BCUT2D eigenvalue weighted by Crippen LogP contribution is -2.36. The van der Waals surface area contributed by atoms with E-state index in [9.17, 15) is 14.0 Å². The van der Waals surface area contributed by atoms with E-state index in [0.717, 1.165) is 24.2 Å². The van der Waals surface area contributed by atoms with Gasteiger partial charge in [-0.1, -0.05) is 11.6 Å². The number of aromatic nitrogens is 2. The highest BCUT2D eigenvalue weighted by Gasteiger charge is 2.26. The lowest BCUT2D eigenvalue weighted by atomic mass is 10.0. The summed E-state index contributed by atoms with van der Waals surface area (Å²) >= 11 is 6.00. The molecule has 158 valence electrons. The van der Waals surface area contributed by atoms with E-state index < -0.39 is 5.82 Å². The van der Waals surface area contributed by atoms with Gasteiger partial charge >= 0.3 is 0 Å². The van der Waals surface area contributed by atoms with Crippen LogP contribution in [0.5, 0.6) is 0 Å². The predicted octanol–water partition coefficient (Wildman–Crippen LogP) is 4.35. The second kappa shape index (κ2) is 8.81. The maximum atomic E-state index is 13.1. The Morgan fingerprint density at radius 2 is 1.94 bits per heavy atom. The van der Waals surface area contributed by atoms with Crippen molar-refractivity contribution in [3.05, 3.63) is 88.2 Å². The van der Waals surface area contributed by atoms with Gasteiger partial charge in [-0.15, -0.1) is 0 Å². The second-order valence-electron chi connectivity index (χ2n) is 7.32. The molecule has 1 unspecified atom stereocenters. The van der Waals surface area contributed by atoms with Crippen LogP contribution in [0.4, 0.5) is 10.1 Å². The minimum absolute atomic E-state index is 0.226. The van der Waals surface area contributed by atoms with E-state index in [1.54, 1.807) is 23.1 Å². The van der Waals surface area contributed by atoms with E-state index in [1.165, 1.54) is 30.5 Å². The zero-order valence-corrected chi connectivity index (χ0v) is 17.6. The summed E-state index contributed by atoms with van der Waals surface area (Å²) in [6, 6.07) is 11.8. The first-order chi connectivity index (χ1) is 14.9.